The first-order valence-electron chi connectivity index (χ1n) is 8.59. The van der Waals surface area contributed by atoms with Gasteiger partial charge in [-0.1, -0.05) is 30.3 Å². The van der Waals surface area contributed by atoms with Gasteiger partial charge in [-0.05, 0) is 24.9 Å². The lowest BCUT2D eigenvalue weighted by Gasteiger charge is -2.39. The number of carbonyl (C=O) groups is 1. The van der Waals surface area contributed by atoms with Crippen molar-refractivity contribution in [3.63, 3.8) is 0 Å². The Morgan fingerprint density at radius 3 is 2.96 bits per heavy atom. The second kappa shape index (κ2) is 7.90. The minimum absolute atomic E-state index is 0.115. The Morgan fingerprint density at radius 2 is 2.22 bits per heavy atom. The van der Waals surface area contributed by atoms with Gasteiger partial charge < -0.3 is 15.0 Å². The summed E-state index contributed by atoms with van der Waals surface area (Å²) in [6, 6.07) is 10.8. The van der Waals surface area contributed by atoms with Crippen molar-refractivity contribution in [1.82, 2.24) is 15.1 Å². The number of hydrogen-bond donors (Lipinski definition) is 1. The largest absolute Gasteiger partial charge is 0.366 e. The number of likely N-dealkylation sites (tertiary alicyclic amines) is 1. The van der Waals surface area contributed by atoms with Crippen LogP contribution in [0.1, 0.15) is 18.4 Å². The highest BCUT2D eigenvalue weighted by Gasteiger charge is 2.31. The van der Waals surface area contributed by atoms with Crippen molar-refractivity contribution >= 4 is 5.91 Å². The predicted molar refractivity (Wildman–Crippen MR) is 90.1 cm³/mol. The minimum Gasteiger partial charge on any atom is -0.366 e. The second-order valence-electron chi connectivity index (χ2n) is 6.53. The standard InChI is InChI=1S/C18H27N3O2/c1-20(18(22)17-12-19-9-11-23-17)16-8-5-10-21(14-16)13-15-6-3-2-4-7-15/h2-4,6-7,16-17,19H,5,8-14H2,1H3. The van der Waals surface area contributed by atoms with Crippen LogP contribution in [0.2, 0.25) is 0 Å². The third-order valence-electron chi connectivity index (χ3n) is 4.83. The SMILES string of the molecule is CN(C(=O)C1CNCCO1)C1CCCN(Cc2ccccc2)C1. The lowest BCUT2D eigenvalue weighted by molar-refractivity contribution is -0.147. The lowest BCUT2D eigenvalue weighted by atomic mass is 10.0. The highest BCUT2D eigenvalue weighted by molar-refractivity contribution is 5.81. The monoisotopic (exact) mass is 317 g/mol. The summed E-state index contributed by atoms with van der Waals surface area (Å²) in [5, 5.41) is 3.23. The van der Waals surface area contributed by atoms with Crippen LogP contribution in [0.5, 0.6) is 0 Å². The van der Waals surface area contributed by atoms with E-state index in [0.29, 0.717) is 13.2 Å². The molecule has 5 heteroatoms. The Bertz CT molecular complexity index is 502. The lowest BCUT2D eigenvalue weighted by Crippen LogP contribution is -2.54. The summed E-state index contributed by atoms with van der Waals surface area (Å²) in [7, 11) is 1.93. The zero-order chi connectivity index (χ0) is 16.1. The first kappa shape index (κ1) is 16.4. The van der Waals surface area contributed by atoms with Gasteiger partial charge >= 0.3 is 0 Å². The molecule has 2 saturated heterocycles. The van der Waals surface area contributed by atoms with E-state index < -0.39 is 0 Å². The Kier molecular flexibility index (Phi) is 5.65. The van der Waals surface area contributed by atoms with E-state index in [4.69, 9.17) is 4.74 Å². The highest BCUT2D eigenvalue weighted by Crippen LogP contribution is 2.18. The summed E-state index contributed by atoms with van der Waals surface area (Å²) in [6.07, 6.45) is 1.89. The number of amides is 1. The van der Waals surface area contributed by atoms with E-state index in [2.05, 4.69) is 34.5 Å². The fourth-order valence-electron chi connectivity index (χ4n) is 3.46. The number of carbonyl (C=O) groups excluding carboxylic acids is 1. The molecule has 0 saturated carbocycles. The van der Waals surface area contributed by atoms with Crippen molar-refractivity contribution < 1.29 is 9.53 Å². The Labute approximate surface area is 138 Å². The smallest absolute Gasteiger partial charge is 0.253 e. The van der Waals surface area contributed by atoms with E-state index in [-0.39, 0.29) is 18.1 Å². The van der Waals surface area contributed by atoms with Crippen LogP contribution in [-0.2, 0) is 16.1 Å². The van der Waals surface area contributed by atoms with Crippen LogP contribution < -0.4 is 5.32 Å². The van der Waals surface area contributed by atoms with Crippen LogP contribution in [0, 0.1) is 0 Å². The summed E-state index contributed by atoms with van der Waals surface area (Å²) >= 11 is 0. The Balaban J connectivity index is 1.55. The average molecular weight is 317 g/mol. The number of likely N-dealkylation sites (N-methyl/N-ethyl adjacent to an activating group) is 1. The van der Waals surface area contributed by atoms with Crippen LogP contribution in [0.25, 0.3) is 0 Å². The third kappa shape index (κ3) is 4.31. The molecule has 2 aliphatic rings. The van der Waals surface area contributed by atoms with Crippen molar-refractivity contribution in [3.05, 3.63) is 35.9 Å². The van der Waals surface area contributed by atoms with Crippen LogP contribution in [0.3, 0.4) is 0 Å². The summed E-state index contributed by atoms with van der Waals surface area (Å²) < 4.78 is 5.61. The molecule has 0 aliphatic carbocycles. The van der Waals surface area contributed by atoms with Crippen LogP contribution in [0.15, 0.2) is 30.3 Å². The molecule has 1 amide bonds. The van der Waals surface area contributed by atoms with Crippen molar-refractivity contribution in [3.8, 4) is 0 Å². The summed E-state index contributed by atoms with van der Waals surface area (Å²) in [5.41, 5.74) is 1.34. The molecule has 126 valence electrons. The fraction of sp³-hybridized carbons (Fsp3) is 0.611. The number of morpholine rings is 1. The van der Waals surface area contributed by atoms with Gasteiger partial charge in [0, 0.05) is 39.3 Å². The number of ether oxygens (including phenoxy) is 1. The first-order valence-corrected chi connectivity index (χ1v) is 8.59. The molecule has 23 heavy (non-hydrogen) atoms. The molecule has 5 nitrogen and oxygen atoms in total. The number of rotatable bonds is 4. The van der Waals surface area contributed by atoms with Crippen molar-refractivity contribution in [1.29, 1.82) is 0 Å². The quantitative estimate of drug-likeness (QED) is 0.903. The molecule has 0 spiro atoms. The van der Waals surface area contributed by atoms with Gasteiger partial charge in [0.05, 0.1) is 6.61 Å². The summed E-state index contributed by atoms with van der Waals surface area (Å²) in [6.45, 7) is 5.09. The summed E-state index contributed by atoms with van der Waals surface area (Å²) in [5.74, 6) is 0.115. The molecule has 3 rings (SSSR count). The van der Waals surface area contributed by atoms with Crippen molar-refractivity contribution in [2.75, 3.05) is 39.8 Å². The van der Waals surface area contributed by atoms with Gasteiger partial charge in [-0.2, -0.15) is 0 Å². The molecule has 2 aliphatic heterocycles. The van der Waals surface area contributed by atoms with E-state index in [1.165, 1.54) is 5.56 Å². The number of nitrogens with one attached hydrogen (secondary N) is 1. The van der Waals surface area contributed by atoms with Crippen LogP contribution in [-0.4, -0.2) is 67.7 Å². The van der Waals surface area contributed by atoms with E-state index in [1.54, 1.807) is 0 Å². The molecular weight excluding hydrogens is 290 g/mol. The zero-order valence-electron chi connectivity index (χ0n) is 13.9. The second-order valence-corrected chi connectivity index (χ2v) is 6.53. The van der Waals surface area contributed by atoms with E-state index in [0.717, 1.165) is 39.0 Å². The highest BCUT2D eigenvalue weighted by atomic mass is 16.5. The Morgan fingerprint density at radius 1 is 1.39 bits per heavy atom. The van der Waals surface area contributed by atoms with Gasteiger partial charge in [0.15, 0.2) is 0 Å². The van der Waals surface area contributed by atoms with Gasteiger partial charge in [-0.15, -0.1) is 0 Å². The molecule has 2 unspecified atom stereocenters. The number of benzene rings is 1. The average Bonchev–Trinajstić information content (AvgIpc) is 2.62. The van der Waals surface area contributed by atoms with E-state index in [1.807, 2.05) is 18.0 Å². The third-order valence-corrected chi connectivity index (χ3v) is 4.83. The van der Waals surface area contributed by atoms with E-state index >= 15 is 0 Å². The molecule has 2 heterocycles. The number of piperidine rings is 1. The summed E-state index contributed by atoms with van der Waals surface area (Å²) in [4.78, 5) is 17.0. The van der Waals surface area contributed by atoms with Crippen LogP contribution >= 0.6 is 0 Å². The number of nitrogens with zero attached hydrogens (tertiary/aromatic N) is 2. The van der Waals surface area contributed by atoms with Gasteiger partial charge in [-0.25, -0.2) is 0 Å². The normalized spacial score (nSPS) is 26.0. The molecule has 2 atom stereocenters. The van der Waals surface area contributed by atoms with Gasteiger partial charge in [0.2, 0.25) is 0 Å². The maximum Gasteiger partial charge on any atom is 0.253 e. The van der Waals surface area contributed by atoms with E-state index in [9.17, 15) is 4.79 Å². The molecule has 0 radical (unpaired) electrons. The first-order chi connectivity index (χ1) is 11.2. The maximum atomic E-state index is 12.6. The van der Waals surface area contributed by atoms with Crippen molar-refractivity contribution in [2.45, 2.75) is 31.5 Å². The minimum atomic E-state index is -0.321. The fourth-order valence-corrected chi connectivity index (χ4v) is 3.46. The topological polar surface area (TPSA) is 44.8 Å². The molecule has 0 bridgehead atoms. The Hall–Kier alpha value is -1.43. The van der Waals surface area contributed by atoms with Gasteiger partial charge in [-0.3, -0.25) is 9.69 Å². The predicted octanol–water partition coefficient (Wildman–Crippen LogP) is 1.10. The molecule has 1 aromatic carbocycles. The van der Waals surface area contributed by atoms with Gasteiger partial charge in [0.1, 0.15) is 6.10 Å². The molecule has 1 aromatic rings. The molecule has 2 fully saturated rings. The van der Waals surface area contributed by atoms with Gasteiger partial charge in [0.25, 0.3) is 5.91 Å². The number of hydrogen-bond acceptors (Lipinski definition) is 4. The molecular formula is C18H27N3O2. The van der Waals surface area contributed by atoms with Crippen LogP contribution in [0.4, 0.5) is 0 Å². The molecule has 0 aromatic heterocycles. The van der Waals surface area contributed by atoms with Crippen molar-refractivity contribution in [2.24, 2.45) is 0 Å². The molecule has 1 N–H and O–H groups in total. The maximum absolute atomic E-state index is 12.6. The zero-order valence-corrected chi connectivity index (χ0v) is 13.9.